The summed E-state index contributed by atoms with van der Waals surface area (Å²) in [5, 5.41) is 3.40. The number of halogens is 1. The molecule has 1 aliphatic heterocycles. The highest BCUT2D eigenvalue weighted by molar-refractivity contribution is 7.92. The SMILES string of the molecule is Cc1ccc(S(=O)(=O)N(CC(=O)NC(C)c2ccc(N3CCCCC3)cc2)c2cccc(Cl)c2C)cc1. The predicted octanol–water partition coefficient (Wildman–Crippen LogP) is 6.02. The number of hydrogen-bond acceptors (Lipinski definition) is 4. The van der Waals surface area contributed by atoms with Gasteiger partial charge >= 0.3 is 0 Å². The molecule has 0 spiro atoms. The summed E-state index contributed by atoms with van der Waals surface area (Å²) in [6, 6.07) is 19.6. The van der Waals surface area contributed by atoms with Gasteiger partial charge in [0.15, 0.2) is 0 Å². The lowest BCUT2D eigenvalue weighted by Crippen LogP contribution is -2.42. The van der Waals surface area contributed by atoms with E-state index in [2.05, 4.69) is 22.3 Å². The Hall–Kier alpha value is -3.03. The summed E-state index contributed by atoms with van der Waals surface area (Å²) >= 11 is 6.32. The van der Waals surface area contributed by atoms with Gasteiger partial charge in [-0.25, -0.2) is 8.42 Å². The normalized spacial score (nSPS) is 14.8. The third-order valence-corrected chi connectivity index (χ3v) is 9.08. The fraction of sp³-hybridized carbons (Fsp3) is 0.345. The Bertz CT molecular complexity index is 1340. The first kappa shape index (κ1) is 27.0. The highest BCUT2D eigenvalue weighted by Crippen LogP contribution is 2.31. The van der Waals surface area contributed by atoms with Crippen LogP contribution in [0.3, 0.4) is 0 Å². The third-order valence-electron chi connectivity index (χ3n) is 6.90. The zero-order chi connectivity index (χ0) is 26.6. The Morgan fingerprint density at radius 3 is 2.27 bits per heavy atom. The number of benzene rings is 3. The van der Waals surface area contributed by atoms with Gasteiger partial charge in [0.1, 0.15) is 6.54 Å². The van der Waals surface area contributed by atoms with Gasteiger partial charge < -0.3 is 10.2 Å². The largest absolute Gasteiger partial charge is 0.372 e. The molecule has 8 heteroatoms. The third kappa shape index (κ3) is 6.28. The van der Waals surface area contributed by atoms with Crippen molar-refractivity contribution in [2.75, 3.05) is 28.8 Å². The maximum Gasteiger partial charge on any atom is 0.264 e. The lowest BCUT2D eigenvalue weighted by molar-refractivity contribution is -0.120. The van der Waals surface area contributed by atoms with Crippen LogP contribution >= 0.6 is 11.6 Å². The standard InChI is InChI=1S/C29H34ClN3O3S/c1-21-10-16-26(17-11-21)37(35,36)33(28-9-7-8-27(30)22(28)2)20-29(34)31-23(3)24-12-14-25(15-13-24)32-18-5-4-6-19-32/h7-17,23H,4-6,18-20H2,1-3H3,(H,31,34). The minimum Gasteiger partial charge on any atom is -0.372 e. The number of rotatable bonds is 8. The molecule has 196 valence electrons. The number of nitrogens with one attached hydrogen (secondary N) is 1. The van der Waals surface area contributed by atoms with Gasteiger partial charge in [0.05, 0.1) is 16.6 Å². The van der Waals surface area contributed by atoms with Crippen molar-refractivity contribution in [2.45, 2.75) is 51.0 Å². The molecular weight excluding hydrogens is 506 g/mol. The van der Waals surface area contributed by atoms with Gasteiger partial charge in [-0.3, -0.25) is 9.10 Å². The van der Waals surface area contributed by atoms with Crippen LogP contribution in [0.15, 0.2) is 71.6 Å². The van der Waals surface area contributed by atoms with Gasteiger partial charge in [0, 0.05) is 23.8 Å². The zero-order valence-corrected chi connectivity index (χ0v) is 23.1. The van der Waals surface area contributed by atoms with Crippen molar-refractivity contribution in [3.8, 4) is 0 Å². The number of hydrogen-bond donors (Lipinski definition) is 1. The Morgan fingerprint density at radius 1 is 0.973 bits per heavy atom. The Labute approximate surface area is 225 Å². The fourth-order valence-corrected chi connectivity index (χ4v) is 6.28. The molecule has 6 nitrogen and oxygen atoms in total. The molecule has 3 aromatic carbocycles. The molecule has 0 radical (unpaired) electrons. The molecule has 0 aromatic heterocycles. The molecule has 0 saturated carbocycles. The van der Waals surface area contributed by atoms with E-state index in [1.165, 1.54) is 24.9 Å². The summed E-state index contributed by atoms with van der Waals surface area (Å²) in [5.41, 5.74) is 4.06. The molecule has 1 fully saturated rings. The second kappa shape index (κ2) is 11.6. The summed E-state index contributed by atoms with van der Waals surface area (Å²) in [5.74, 6) is -0.400. The van der Waals surface area contributed by atoms with E-state index in [9.17, 15) is 13.2 Å². The number of amides is 1. The summed E-state index contributed by atoms with van der Waals surface area (Å²) in [6.45, 7) is 7.31. The van der Waals surface area contributed by atoms with Crippen LogP contribution in [0.4, 0.5) is 11.4 Å². The Morgan fingerprint density at radius 2 is 1.62 bits per heavy atom. The molecule has 1 aliphatic rings. The van der Waals surface area contributed by atoms with Crippen molar-refractivity contribution in [1.82, 2.24) is 5.32 Å². The quantitative estimate of drug-likeness (QED) is 0.380. The average Bonchev–Trinajstić information content (AvgIpc) is 2.90. The molecule has 3 aromatic rings. The summed E-state index contributed by atoms with van der Waals surface area (Å²) < 4.78 is 28.5. The minimum atomic E-state index is -4.02. The van der Waals surface area contributed by atoms with E-state index in [1.54, 1.807) is 49.4 Å². The second-order valence-electron chi connectivity index (χ2n) is 9.64. The molecule has 0 aliphatic carbocycles. The highest BCUT2D eigenvalue weighted by Gasteiger charge is 2.29. The molecule has 1 N–H and O–H groups in total. The number of anilines is 2. The van der Waals surface area contributed by atoms with Crippen LogP contribution in [-0.4, -0.2) is 34.0 Å². The van der Waals surface area contributed by atoms with Crippen LogP contribution in [-0.2, 0) is 14.8 Å². The van der Waals surface area contributed by atoms with Crippen LogP contribution in [0, 0.1) is 13.8 Å². The predicted molar refractivity (Wildman–Crippen MR) is 151 cm³/mol. The van der Waals surface area contributed by atoms with Crippen LogP contribution in [0.5, 0.6) is 0 Å². The van der Waals surface area contributed by atoms with Crippen molar-refractivity contribution >= 4 is 38.9 Å². The highest BCUT2D eigenvalue weighted by atomic mass is 35.5. The van der Waals surface area contributed by atoms with Gasteiger partial charge in [-0.2, -0.15) is 0 Å². The zero-order valence-electron chi connectivity index (χ0n) is 21.6. The van der Waals surface area contributed by atoms with Crippen LogP contribution in [0.1, 0.15) is 48.9 Å². The lowest BCUT2D eigenvalue weighted by atomic mass is 10.1. The molecule has 4 rings (SSSR count). The Balaban J connectivity index is 1.54. The first-order valence-corrected chi connectivity index (χ1v) is 14.5. The number of sulfonamides is 1. The van der Waals surface area contributed by atoms with Crippen molar-refractivity contribution in [2.24, 2.45) is 0 Å². The summed E-state index contributed by atoms with van der Waals surface area (Å²) in [7, 11) is -4.02. The van der Waals surface area contributed by atoms with E-state index in [0.717, 1.165) is 28.5 Å². The first-order chi connectivity index (χ1) is 17.7. The van der Waals surface area contributed by atoms with E-state index >= 15 is 0 Å². The van der Waals surface area contributed by atoms with E-state index in [0.29, 0.717) is 16.3 Å². The smallest absolute Gasteiger partial charge is 0.264 e. The molecule has 1 unspecified atom stereocenters. The molecule has 37 heavy (non-hydrogen) atoms. The lowest BCUT2D eigenvalue weighted by Gasteiger charge is -2.29. The maximum absolute atomic E-state index is 13.7. The maximum atomic E-state index is 13.7. The second-order valence-corrected chi connectivity index (χ2v) is 11.9. The van der Waals surface area contributed by atoms with Crippen LogP contribution in [0.25, 0.3) is 0 Å². The molecule has 1 amide bonds. The number of carbonyl (C=O) groups is 1. The monoisotopic (exact) mass is 539 g/mol. The summed E-state index contributed by atoms with van der Waals surface area (Å²) in [6.07, 6.45) is 3.70. The van der Waals surface area contributed by atoms with Gasteiger partial charge in [-0.15, -0.1) is 0 Å². The molecule has 1 saturated heterocycles. The minimum absolute atomic E-state index is 0.117. The number of nitrogens with zero attached hydrogens (tertiary/aromatic N) is 2. The van der Waals surface area contributed by atoms with Gasteiger partial charge in [-0.1, -0.05) is 47.5 Å². The van der Waals surface area contributed by atoms with Crippen molar-refractivity contribution in [3.05, 3.63) is 88.4 Å². The average molecular weight is 540 g/mol. The van der Waals surface area contributed by atoms with Gasteiger partial charge in [0.25, 0.3) is 10.0 Å². The Kier molecular flexibility index (Phi) is 8.45. The number of carbonyl (C=O) groups excluding carboxylic acids is 1. The molecule has 1 heterocycles. The molecular formula is C29H34ClN3O3S. The summed E-state index contributed by atoms with van der Waals surface area (Å²) in [4.78, 5) is 15.7. The molecule has 1 atom stereocenters. The molecule has 0 bridgehead atoms. The van der Waals surface area contributed by atoms with Crippen molar-refractivity contribution in [1.29, 1.82) is 0 Å². The number of piperidine rings is 1. The van der Waals surface area contributed by atoms with E-state index in [1.807, 2.05) is 26.0 Å². The van der Waals surface area contributed by atoms with Crippen LogP contribution < -0.4 is 14.5 Å². The van der Waals surface area contributed by atoms with Gasteiger partial charge in [0.2, 0.25) is 5.91 Å². The van der Waals surface area contributed by atoms with Crippen molar-refractivity contribution < 1.29 is 13.2 Å². The number of aryl methyl sites for hydroxylation is 1. The topological polar surface area (TPSA) is 69.7 Å². The van der Waals surface area contributed by atoms with Crippen molar-refractivity contribution in [3.63, 3.8) is 0 Å². The van der Waals surface area contributed by atoms with E-state index < -0.39 is 15.9 Å². The first-order valence-electron chi connectivity index (χ1n) is 12.7. The van der Waals surface area contributed by atoms with Gasteiger partial charge in [-0.05, 0) is 87.6 Å². The van der Waals surface area contributed by atoms with E-state index in [4.69, 9.17) is 11.6 Å². The van der Waals surface area contributed by atoms with E-state index in [-0.39, 0.29) is 17.5 Å². The van der Waals surface area contributed by atoms with Crippen LogP contribution in [0.2, 0.25) is 5.02 Å². The fourth-order valence-electron chi connectivity index (χ4n) is 4.63.